The van der Waals surface area contributed by atoms with Crippen molar-refractivity contribution in [3.05, 3.63) is 0 Å². The summed E-state index contributed by atoms with van der Waals surface area (Å²) in [7, 11) is 3.20. The molecule has 0 aliphatic carbocycles. The molecule has 1 rings (SSSR count). The number of aliphatic hydroxyl groups excluding tert-OH is 1. The normalized spacial score (nSPS) is 32.8. The Balaban J connectivity index is 2.75. The number of ether oxygens (including phenoxy) is 3. The molecule has 104 valence electrons. The van der Waals surface area contributed by atoms with E-state index in [2.05, 4.69) is 6.07 Å². The molecule has 5 heteroatoms. The van der Waals surface area contributed by atoms with Crippen LogP contribution in [-0.4, -0.2) is 50.3 Å². The van der Waals surface area contributed by atoms with Crippen LogP contribution in [0.15, 0.2) is 0 Å². The minimum absolute atomic E-state index is 0.0457. The summed E-state index contributed by atoms with van der Waals surface area (Å²) in [6, 6.07) is 2.13. The molecular formula is C13H23NO4. The predicted octanol–water partition coefficient (Wildman–Crippen LogP) is 1.11. The fraction of sp³-hybridized carbons (Fsp3) is 0.923. The number of hydrogen-bond acceptors (Lipinski definition) is 5. The van der Waals surface area contributed by atoms with E-state index in [0.717, 1.165) is 0 Å². The summed E-state index contributed by atoms with van der Waals surface area (Å²) in [4.78, 5) is 0. The molecule has 0 spiro atoms. The van der Waals surface area contributed by atoms with Gasteiger partial charge in [0.15, 0.2) is 0 Å². The lowest BCUT2D eigenvalue weighted by Crippen LogP contribution is -2.52. The van der Waals surface area contributed by atoms with Gasteiger partial charge in [0.1, 0.15) is 6.10 Å². The Hall–Kier alpha value is -0.670. The molecule has 0 aromatic rings. The SMILES string of the molecule is COC[C@@H](O)C[C@H]1O[C@H](C#N)C[C@@H](OC)C1(C)C. The minimum Gasteiger partial charge on any atom is -0.391 e. The van der Waals surface area contributed by atoms with Gasteiger partial charge in [0.25, 0.3) is 0 Å². The molecule has 0 unspecified atom stereocenters. The van der Waals surface area contributed by atoms with E-state index < -0.39 is 12.2 Å². The first-order valence-electron chi connectivity index (χ1n) is 6.20. The summed E-state index contributed by atoms with van der Waals surface area (Å²) in [5.74, 6) is 0. The third-order valence-corrected chi connectivity index (χ3v) is 3.69. The van der Waals surface area contributed by atoms with E-state index in [1.165, 1.54) is 0 Å². The second-order valence-electron chi connectivity index (χ2n) is 5.37. The molecule has 5 nitrogen and oxygen atoms in total. The number of hydrogen-bond donors (Lipinski definition) is 1. The van der Waals surface area contributed by atoms with Crippen LogP contribution >= 0.6 is 0 Å². The Morgan fingerprint density at radius 2 is 2.17 bits per heavy atom. The first-order valence-corrected chi connectivity index (χ1v) is 6.20. The highest BCUT2D eigenvalue weighted by Crippen LogP contribution is 2.39. The average molecular weight is 257 g/mol. The molecule has 1 saturated heterocycles. The average Bonchev–Trinajstić information content (AvgIpc) is 2.31. The Morgan fingerprint density at radius 1 is 1.50 bits per heavy atom. The zero-order valence-corrected chi connectivity index (χ0v) is 11.5. The van der Waals surface area contributed by atoms with Crippen LogP contribution in [0, 0.1) is 16.7 Å². The summed E-state index contributed by atoms with van der Waals surface area (Å²) < 4.78 is 16.1. The molecule has 0 saturated carbocycles. The summed E-state index contributed by atoms with van der Waals surface area (Å²) in [5, 5.41) is 18.8. The Morgan fingerprint density at radius 3 is 2.67 bits per heavy atom. The molecule has 1 N–H and O–H groups in total. The summed E-state index contributed by atoms with van der Waals surface area (Å²) >= 11 is 0. The second-order valence-corrected chi connectivity index (χ2v) is 5.37. The zero-order valence-electron chi connectivity index (χ0n) is 11.5. The van der Waals surface area contributed by atoms with E-state index in [-0.39, 0.29) is 24.2 Å². The van der Waals surface area contributed by atoms with Crippen LogP contribution in [0.25, 0.3) is 0 Å². The van der Waals surface area contributed by atoms with Crippen molar-refractivity contribution >= 4 is 0 Å². The first-order chi connectivity index (χ1) is 8.45. The lowest BCUT2D eigenvalue weighted by molar-refractivity contribution is -0.178. The second kappa shape index (κ2) is 6.48. The molecule has 0 radical (unpaired) electrons. The van der Waals surface area contributed by atoms with Crippen molar-refractivity contribution in [3.63, 3.8) is 0 Å². The lowest BCUT2D eigenvalue weighted by Gasteiger charge is -2.46. The molecule has 1 fully saturated rings. The maximum absolute atomic E-state index is 9.82. The third-order valence-electron chi connectivity index (χ3n) is 3.69. The van der Waals surface area contributed by atoms with Gasteiger partial charge in [-0.3, -0.25) is 0 Å². The van der Waals surface area contributed by atoms with Gasteiger partial charge < -0.3 is 19.3 Å². The molecular weight excluding hydrogens is 234 g/mol. The van der Waals surface area contributed by atoms with E-state index in [9.17, 15) is 5.11 Å². The third kappa shape index (κ3) is 3.42. The quantitative estimate of drug-likeness (QED) is 0.798. The van der Waals surface area contributed by atoms with Crippen molar-refractivity contribution in [1.29, 1.82) is 5.26 Å². The van der Waals surface area contributed by atoms with Crippen molar-refractivity contribution in [2.24, 2.45) is 5.41 Å². The zero-order chi connectivity index (χ0) is 13.8. The molecule has 0 aromatic carbocycles. The molecule has 0 amide bonds. The summed E-state index contributed by atoms with van der Waals surface area (Å²) in [6.07, 6.45) is -0.311. The van der Waals surface area contributed by atoms with Gasteiger partial charge in [0.2, 0.25) is 0 Å². The van der Waals surface area contributed by atoms with Gasteiger partial charge in [-0.2, -0.15) is 5.26 Å². The maximum atomic E-state index is 9.82. The first kappa shape index (κ1) is 15.4. The smallest absolute Gasteiger partial charge is 0.146 e. The standard InChI is InChI=1S/C13H23NO4/c1-13(2)11(17-4)6-10(7-14)18-12(13)5-9(15)8-16-3/h9-12,15H,5-6,8H2,1-4H3/t9-,10-,11+,12+/m0/s1. The van der Waals surface area contributed by atoms with Gasteiger partial charge in [-0.05, 0) is 0 Å². The molecule has 1 aliphatic rings. The van der Waals surface area contributed by atoms with Crippen molar-refractivity contribution < 1.29 is 19.3 Å². The number of nitrogens with zero attached hydrogens (tertiary/aromatic N) is 1. The summed E-state index contributed by atoms with van der Waals surface area (Å²) in [6.45, 7) is 4.35. The fourth-order valence-electron chi connectivity index (χ4n) is 2.48. The van der Waals surface area contributed by atoms with Crippen LogP contribution in [0.1, 0.15) is 26.7 Å². The van der Waals surface area contributed by atoms with E-state index in [0.29, 0.717) is 12.8 Å². The van der Waals surface area contributed by atoms with Gasteiger partial charge in [0.05, 0.1) is 31.0 Å². The molecule has 1 heterocycles. The van der Waals surface area contributed by atoms with E-state index in [1.54, 1.807) is 14.2 Å². The van der Waals surface area contributed by atoms with Crippen LogP contribution in [0.2, 0.25) is 0 Å². The summed E-state index contributed by atoms with van der Waals surface area (Å²) in [5.41, 5.74) is -0.239. The van der Waals surface area contributed by atoms with Crippen molar-refractivity contribution in [1.82, 2.24) is 0 Å². The highest BCUT2D eigenvalue weighted by Gasteiger charge is 2.45. The van der Waals surface area contributed by atoms with Gasteiger partial charge >= 0.3 is 0 Å². The fourth-order valence-corrected chi connectivity index (χ4v) is 2.48. The van der Waals surface area contributed by atoms with E-state index in [1.807, 2.05) is 13.8 Å². The molecule has 0 bridgehead atoms. The van der Waals surface area contributed by atoms with Crippen LogP contribution in [0.3, 0.4) is 0 Å². The Labute approximate surface area is 109 Å². The van der Waals surface area contributed by atoms with Crippen molar-refractivity contribution in [2.75, 3.05) is 20.8 Å². The van der Waals surface area contributed by atoms with Gasteiger partial charge in [-0.1, -0.05) is 13.8 Å². The maximum Gasteiger partial charge on any atom is 0.146 e. The van der Waals surface area contributed by atoms with E-state index >= 15 is 0 Å². The molecule has 1 aliphatic heterocycles. The van der Waals surface area contributed by atoms with Crippen molar-refractivity contribution in [3.8, 4) is 6.07 Å². The molecule has 18 heavy (non-hydrogen) atoms. The highest BCUT2D eigenvalue weighted by atomic mass is 16.5. The number of methoxy groups -OCH3 is 2. The van der Waals surface area contributed by atoms with E-state index in [4.69, 9.17) is 19.5 Å². The van der Waals surface area contributed by atoms with Gasteiger partial charge in [0, 0.05) is 32.5 Å². The van der Waals surface area contributed by atoms with Crippen LogP contribution in [-0.2, 0) is 14.2 Å². The Bertz CT molecular complexity index is 300. The topological polar surface area (TPSA) is 71.7 Å². The number of nitriles is 1. The van der Waals surface area contributed by atoms with Crippen molar-refractivity contribution in [2.45, 2.75) is 51.1 Å². The monoisotopic (exact) mass is 257 g/mol. The minimum atomic E-state index is -0.589. The van der Waals surface area contributed by atoms with Gasteiger partial charge in [-0.15, -0.1) is 0 Å². The highest BCUT2D eigenvalue weighted by molar-refractivity contribution is 5.00. The lowest BCUT2D eigenvalue weighted by atomic mass is 9.74. The number of aliphatic hydroxyl groups is 1. The largest absolute Gasteiger partial charge is 0.391 e. The van der Waals surface area contributed by atoms with Crippen LogP contribution in [0.5, 0.6) is 0 Å². The predicted molar refractivity (Wildman–Crippen MR) is 66.0 cm³/mol. The molecule has 4 atom stereocenters. The Kier molecular flexibility index (Phi) is 5.54. The van der Waals surface area contributed by atoms with Gasteiger partial charge in [-0.25, -0.2) is 0 Å². The van der Waals surface area contributed by atoms with Crippen LogP contribution in [0.4, 0.5) is 0 Å². The van der Waals surface area contributed by atoms with Crippen LogP contribution < -0.4 is 0 Å². The molecule has 0 aromatic heterocycles. The number of rotatable bonds is 5.